The molecule has 1 unspecified atom stereocenters. The van der Waals surface area contributed by atoms with Crippen LogP contribution in [-0.2, 0) is 0 Å². The predicted octanol–water partition coefficient (Wildman–Crippen LogP) is 1.74. The molecule has 7 nitrogen and oxygen atoms in total. The number of piperidine rings is 1. The van der Waals surface area contributed by atoms with E-state index in [-0.39, 0.29) is 36.6 Å². The number of carbonyl (C=O) groups excluding carboxylic acids is 1. The Morgan fingerprint density at radius 1 is 1.36 bits per heavy atom. The van der Waals surface area contributed by atoms with Gasteiger partial charge in [0, 0.05) is 11.6 Å². The van der Waals surface area contributed by atoms with Gasteiger partial charge in [0.25, 0.3) is 5.91 Å². The van der Waals surface area contributed by atoms with E-state index in [0.717, 1.165) is 25.9 Å². The maximum atomic E-state index is 12.2. The molecule has 9 heteroatoms. The van der Waals surface area contributed by atoms with E-state index in [1.165, 1.54) is 0 Å². The number of carbonyl (C=O) groups is 1. The topological polar surface area (TPSA) is 92.1 Å². The molecule has 2 heterocycles. The summed E-state index contributed by atoms with van der Waals surface area (Å²) < 4.78 is 1.76. The molecule has 3 N–H and O–H groups in total. The fourth-order valence-corrected chi connectivity index (χ4v) is 2.84. The highest BCUT2D eigenvalue weighted by Crippen LogP contribution is 2.18. The SMILES string of the molecule is Cl.O=C(NCC(O)c1ccc(Cl)cc1)c1cn(C2CCNCC2)nn1. The van der Waals surface area contributed by atoms with Gasteiger partial charge in [-0.25, -0.2) is 4.68 Å². The van der Waals surface area contributed by atoms with Gasteiger partial charge in [-0.15, -0.1) is 17.5 Å². The van der Waals surface area contributed by atoms with Crippen LogP contribution < -0.4 is 10.6 Å². The minimum absolute atomic E-state index is 0. The molecule has 1 aliphatic heterocycles. The van der Waals surface area contributed by atoms with E-state index in [1.807, 2.05) is 0 Å². The quantitative estimate of drug-likeness (QED) is 0.728. The molecule has 1 saturated heterocycles. The zero-order valence-electron chi connectivity index (χ0n) is 13.6. The van der Waals surface area contributed by atoms with Crippen molar-refractivity contribution in [1.82, 2.24) is 25.6 Å². The van der Waals surface area contributed by atoms with Crippen LogP contribution >= 0.6 is 24.0 Å². The first-order valence-electron chi connectivity index (χ1n) is 7.98. The van der Waals surface area contributed by atoms with Gasteiger partial charge < -0.3 is 15.7 Å². The fourth-order valence-electron chi connectivity index (χ4n) is 2.71. The summed E-state index contributed by atoms with van der Waals surface area (Å²) in [6.45, 7) is 1.99. The molecule has 3 rings (SSSR count). The Balaban J connectivity index is 0.00000225. The Bertz CT molecular complexity index is 686. The number of nitrogens with one attached hydrogen (secondary N) is 2. The van der Waals surface area contributed by atoms with E-state index in [4.69, 9.17) is 11.6 Å². The fraction of sp³-hybridized carbons (Fsp3) is 0.438. The van der Waals surface area contributed by atoms with Crippen molar-refractivity contribution >= 4 is 29.9 Å². The molecule has 136 valence electrons. The summed E-state index contributed by atoms with van der Waals surface area (Å²) >= 11 is 5.82. The zero-order chi connectivity index (χ0) is 16.9. The molecule has 0 aliphatic carbocycles. The van der Waals surface area contributed by atoms with Crippen molar-refractivity contribution < 1.29 is 9.90 Å². The lowest BCUT2D eigenvalue weighted by Crippen LogP contribution is -2.30. The van der Waals surface area contributed by atoms with Gasteiger partial charge in [-0.05, 0) is 43.6 Å². The van der Waals surface area contributed by atoms with Gasteiger partial charge in [0.05, 0.1) is 18.3 Å². The molecule has 0 radical (unpaired) electrons. The second-order valence-corrected chi connectivity index (χ2v) is 6.28. The summed E-state index contributed by atoms with van der Waals surface area (Å²) in [7, 11) is 0. The number of benzene rings is 1. The van der Waals surface area contributed by atoms with Crippen LogP contribution in [0.4, 0.5) is 0 Å². The second kappa shape index (κ2) is 9.15. The number of rotatable bonds is 5. The summed E-state index contributed by atoms with van der Waals surface area (Å²) in [5.74, 6) is -0.344. The molecular formula is C16H21Cl2N5O2. The van der Waals surface area contributed by atoms with Crippen molar-refractivity contribution in [3.8, 4) is 0 Å². The third kappa shape index (κ3) is 5.15. The Kier molecular flexibility index (Phi) is 7.19. The lowest BCUT2D eigenvalue weighted by molar-refractivity contribution is 0.0911. The van der Waals surface area contributed by atoms with Crippen LogP contribution in [0.5, 0.6) is 0 Å². The molecule has 1 fully saturated rings. The normalized spacial score (nSPS) is 16.1. The maximum Gasteiger partial charge on any atom is 0.273 e. The summed E-state index contributed by atoms with van der Waals surface area (Å²) in [6, 6.07) is 7.14. The predicted molar refractivity (Wildman–Crippen MR) is 97.2 cm³/mol. The van der Waals surface area contributed by atoms with Crippen molar-refractivity contribution in [3.05, 3.63) is 46.7 Å². The van der Waals surface area contributed by atoms with E-state index in [9.17, 15) is 9.90 Å². The number of nitrogens with zero attached hydrogens (tertiary/aromatic N) is 3. The number of aliphatic hydroxyl groups is 1. The number of aromatic nitrogens is 3. The van der Waals surface area contributed by atoms with Crippen LogP contribution in [-0.4, -0.2) is 45.6 Å². The van der Waals surface area contributed by atoms with E-state index >= 15 is 0 Å². The van der Waals surface area contributed by atoms with Crippen molar-refractivity contribution in [2.24, 2.45) is 0 Å². The monoisotopic (exact) mass is 385 g/mol. The van der Waals surface area contributed by atoms with Crippen LogP contribution in [0.1, 0.15) is 41.0 Å². The Morgan fingerprint density at radius 2 is 2.04 bits per heavy atom. The van der Waals surface area contributed by atoms with Crippen molar-refractivity contribution in [2.75, 3.05) is 19.6 Å². The minimum atomic E-state index is -0.800. The smallest absolute Gasteiger partial charge is 0.273 e. The van der Waals surface area contributed by atoms with E-state index in [2.05, 4.69) is 20.9 Å². The zero-order valence-corrected chi connectivity index (χ0v) is 15.1. The summed E-state index contributed by atoms with van der Waals surface area (Å²) in [5.41, 5.74) is 0.954. The maximum absolute atomic E-state index is 12.2. The lowest BCUT2D eigenvalue weighted by Gasteiger charge is -2.22. The van der Waals surface area contributed by atoms with Crippen molar-refractivity contribution in [3.63, 3.8) is 0 Å². The van der Waals surface area contributed by atoms with Crippen LogP contribution in [0.15, 0.2) is 30.5 Å². The van der Waals surface area contributed by atoms with E-state index in [0.29, 0.717) is 10.6 Å². The van der Waals surface area contributed by atoms with E-state index < -0.39 is 6.10 Å². The Morgan fingerprint density at radius 3 is 2.72 bits per heavy atom. The van der Waals surface area contributed by atoms with Gasteiger partial charge >= 0.3 is 0 Å². The van der Waals surface area contributed by atoms with Crippen molar-refractivity contribution in [1.29, 1.82) is 0 Å². The Hall–Kier alpha value is -1.67. The first-order valence-corrected chi connectivity index (χ1v) is 8.35. The average Bonchev–Trinajstić information content (AvgIpc) is 3.11. The van der Waals surface area contributed by atoms with E-state index in [1.54, 1.807) is 35.1 Å². The number of aliphatic hydroxyl groups excluding tert-OH is 1. The third-order valence-corrected chi connectivity index (χ3v) is 4.39. The number of hydrogen-bond acceptors (Lipinski definition) is 5. The van der Waals surface area contributed by atoms with Crippen LogP contribution in [0.3, 0.4) is 0 Å². The molecule has 2 aromatic rings. The molecule has 1 aromatic carbocycles. The van der Waals surface area contributed by atoms with Crippen molar-refractivity contribution in [2.45, 2.75) is 25.0 Å². The highest BCUT2D eigenvalue weighted by Gasteiger charge is 2.19. The Labute approximate surface area is 157 Å². The second-order valence-electron chi connectivity index (χ2n) is 5.84. The minimum Gasteiger partial charge on any atom is -0.387 e. The van der Waals surface area contributed by atoms with Gasteiger partial charge in [0.1, 0.15) is 0 Å². The number of hydrogen-bond donors (Lipinski definition) is 3. The third-order valence-electron chi connectivity index (χ3n) is 4.14. The lowest BCUT2D eigenvalue weighted by atomic mass is 10.1. The number of amides is 1. The first kappa shape index (κ1) is 19.7. The molecule has 25 heavy (non-hydrogen) atoms. The molecule has 0 bridgehead atoms. The summed E-state index contributed by atoms with van der Waals surface area (Å²) in [6.07, 6.45) is 2.81. The molecule has 1 aliphatic rings. The standard InChI is InChI=1S/C16H20ClN5O2.ClH/c17-12-3-1-11(2-4-12)15(23)9-19-16(24)14-10-22(21-20-14)13-5-7-18-8-6-13;/h1-4,10,13,15,18,23H,5-9H2,(H,19,24);1H. The summed E-state index contributed by atoms with van der Waals surface area (Å²) in [4.78, 5) is 12.2. The van der Waals surface area contributed by atoms with Gasteiger partial charge in [-0.2, -0.15) is 0 Å². The van der Waals surface area contributed by atoms with Gasteiger partial charge in [0.15, 0.2) is 5.69 Å². The molecule has 1 amide bonds. The molecule has 1 atom stereocenters. The van der Waals surface area contributed by atoms with Gasteiger partial charge in [-0.1, -0.05) is 28.9 Å². The van der Waals surface area contributed by atoms with Gasteiger partial charge in [-0.3, -0.25) is 4.79 Å². The summed E-state index contributed by atoms with van der Waals surface area (Å²) in [5, 5.41) is 24.7. The average molecular weight is 386 g/mol. The van der Waals surface area contributed by atoms with Crippen LogP contribution in [0.25, 0.3) is 0 Å². The van der Waals surface area contributed by atoms with Crippen LogP contribution in [0.2, 0.25) is 5.02 Å². The molecular weight excluding hydrogens is 365 g/mol. The number of halogens is 2. The first-order chi connectivity index (χ1) is 11.6. The van der Waals surface area contributed by atoms with Gasteiger partial charge in [0.2, 0.25) is 0 Å². The highest BCUT2D eigenvalue weighted by atomic mass is 35.5. The molecule has 1 aromatic heterocycles. The highest BCUT2D eigenvalue weighted by molar-refractivity contribution is 6.30. The molecule has 0 saturated carbocycles. The largest absolute Gasteiger partial charge is 0.387 e. The van der Waals surface area contributed by atoms with Crippen LogP contribution in [0, 0.1) is 0 Å². The molecule has 0 spiro atoms.